The van der Waals surface area contributed by atoms with E-state index in [4.69, 9.17) is 4.74 Å². The van der Waals surface area contributed by atoms with Crippen molar-refractivity contribution in [2.45, 2.75) is 6.54 Å². The Bertz CT molecular complexity index is 579. The summed E-state index contributed by atoms with van der Waals surface area (Å²) in [5.74, 6) is 0.832. The molecule has 0 bridgehead atoms. The standard InChI is InChI=1S/C16H17NO3/c1-19-15-5-3-4-14(10-15)13-8-6-12(7-9-13)11-17-16(18)20-2/h3-10H,11H2,1-2H3,(H,17,18). The van der Waals surface area contributed by atoms with Crippen LogP contribution in [-0.4, -0.2) is 20.3 Å². The van der Waals surface area contributed by atoms with Gasteiger partial charge in [-0.05, 0) is 28.8 Å². The first-order valence-electron chi connectivity index (χ1n) is 6.28. The molecule has 0 saturated heterocycles. The molecule has 2 aromatic rings. The number of carbonyl (C=O) groups excluding carboxylic acids is 1. The second kappa shape index (κ2) is 6.61. The molecule has 0 aliphatic carbocycles. The van der Waals surface area contributed by atoms with Crippen molar-refractivity contribution in [1.29, 1.82) is 0 Å². The summed E-state index contributed by atoms with van der Waals surface area (Å²) in [5, 5.41) is 2.64. The maximum Gasteiger partial charge on any atom is 0.407 e. The minimum Gasteiger partial charge on any atom is -0.497 e. The van der Waals surface area contributed by atoms with Gasteiger partial charge in [0, 0.05) is 6.54 Å². The van der Waals surface area contributed by atoms with Crippen LogP contribution < -0.4 is 10.1 Å². The Morgan fingerprint density at radius 3 is 2.45 bits per heavy atom. The molecule has 0 fully saturated rings. The monoisotopic (exact) mass is 271 g/mol. The van der Waals surface area contributed by atoms with E-state index in [2.05, 4.69) is 10.1 Å². The van der Waals surface area contributed by atoms with Crippen LogP contribution in [0.1, 0.15) is 5.56 Å². The van der Waals surface area contributed by atoms with Gasteiger partial charge < -0.3 is 14.8 Å². The van der Waals surface area contributed by atoms with E-state index in [-0.39, 0.29) is 0 Å². The molecule has 2 aromatic carbocycles. The van der Waals surface area contributed by atoms with E-state index < -0.39 is 6.09 Å². The van der Waals surface area contributed by atoms with Gasteiger partial charge in [-0.2, -0.15) is 0 Å². The van der Waals surface area contributed by atoms with E-state index >= 15 is 0 Å². The lowest BCUT2D eigenvalue weighted by atomic mass is 10.0. The number of methoxy groups -OCH3 is 2. The van der Waals surface area contributed by atoms with Gasteiger partial charge in [0.25, 0.3) is 0 Å². The fourth-order valence-corrected chi connectivity index (χ4v) is 1.86. The van der Waals surface area contributed by atoms with E-state index in [1.165, 1.54) is 7.11 Å². The molecule has 20 heavy (non-hydrogen) atoms. The minimum atomic E-state index is -0.429. The highest BCUT2D eigenvalue weighted by Gasteiger charge is 2.02. The number of hydrogen-bond donors (Lipinski definition) is 1. The van der Waals surface area contributed by atoms with Crippen LogP contribution in [0.4, 0.5) is 4.79 Å². The Balaban J connectivity index is 2.09. The second-order valence-corrected chi connectivity index (χ2v) is 4.27. The van der Waals surface area contributed by atoms with Crippen molar-refractivity contribution in [3.63, 3.8) is 0 Å². The molecular formula is C16H17NO3. The first-order chi connectivity index (χ1) is 9.72. The lowest BCUT2D eigenvalue weighted by Crippen LogP contribution is -2.22. The molecule has 104 valence electrons. The Labute approximate surface area is 118 Å². The molecular weight excluding hydrogens is 254 g/mol. The van der Waals surface area contributed by atoms with Crippen molar-refractivity contribution in [1.82, 2.24) is 5.32 Å². The predicted octanol–water partition coefficient (Wildman–Crippen LogP) is 3.22. The smallest absolute Gasteiger partial charge is 0.407 e. The van der Waals surface area contributed by atoms with Gasteiger partial charge in [-0.15, -0.1) is 0 Å². The summed E-state index contributed by atoms with van der Waals surface area (Å²) in [6, 6.07) is 15.9. The summed E-state index contributed by atoms with van der Waals surface area (Å²) >= 11 is 0. The fraction of sp³-hybridized carbons (Fsp3) is 0.188. The normalized spacial score (nSPS) is 9.90. The maximum absolute atomic E-state index is 11.0. The summed E-state index contributed by atoms with van der Waals surface area (Å²) in [4.78, 5) is 11.0. The summed E-state index contributed by atoms with van der Waals surface area (Å²) in [6.45, 7) is 0.449. The van der Waals surface area contributed by atoms with Gasteiger partial charge in [-0.1, -0.05) is 36.4 Å². The zero-order valence-corrected chi connectivity index (χ0v) is 11.6. The number of hydrogen-bond acceptors (Lipinski definition) is 3. The number of carbonyl (C=O) groups is 1. The SMILES string of the molecule is COC(=O)NCc1ccc(-c2cccc(OC)c2)cc1. The van der Waals surface area contributed by atoms with Crippen LogP contribution >= 0.6 is 0 Å². The average molecular weight is 271 g/mol. The van der Waals surface area contributed by atoms with E-state index in [0.717, 1.165) is 22.4 Å². The van der Waals surface area contributed by atoms with Crippen molar-refractivity contribution in [2.24, 2.45) is 0 Å². The van der Waals surface area contributed by atoms with Gasteiger partial charge in [-0.3, -0.25) is 0 Å². The number of benzene rings is 2. The predicted molar refractivity (Wildman–Crippen MR) is 77.7 cm³/mol. The van der Waals surface area contributed by atoms with Crippen LogP contribution in [0.5, 0.6) is 5.75 Å². The van der Waals surface area contributed by atoms with Gasteiger partial charge in [0.1, 0.15) is 5.75 Å². The van der Waals surface area contributed by atoms with Gasteiger partial charge in [0.05, 0.1) is 14.2 Å². The number of ether oxygens (including phenoxy) is 2. The summed E-state index contributed by atoms with van der Waals surface area (Å²) < 4.78 is 9.74. The number of alkyl carbamates (subject to hydrolysis) is 1. The first-order valence-corrected chi connectivity index (χ1v) is 6.28. The molecule has 0 spiro atoms. The molecule has 4 nitrogen and oxygen atoms in total. The molecule has 2 rings (SSSR count). The van der Waals surface area contributed by atoms with Crippen molar-refractivity contribution in [2.75, 3.05) is 14.2 Å². The van der Waals surface area contributed by atoms with Crippen LogP contribution in [0, 0.1) is 0 Å². The quantitative estimate of drug-likeness (QED) is 0.928. The molecule has 0 aromatic heterocycles. The summed E-state index contributed by atoms with van der Waals surface area (Å²) in [5.41, 5.74) is 3.21. The van der Waals surface area contributed by atoms with Crippen LogP contribution in [0.15, 0.2) is 48.5 Å². The third kappa shape index (κ3) is 3.51. The number of rotatable bonds is 4. The molecule has 0 radical (unpaired) electrons. The van der Waals surface area contributed by atoms with Gasteiger partial charge in [-0.25, -0.2) is 4.79 Å². The Morgan fingerprint density at radius 1 is 1.05 bits per heavy atom. The molecule has 0 saturated carbocycles. The number of nitrogens with one attached hydrogen (secondary N) is 1. The topological polar surface area (TPSA) is 47.6 Å². The molecule has 0 heterocycles. The molecule has 0 unspecified atom stereocenters. The van der Waals surface area contributed by atoms with Crippen LogP contribution in [0.3, 0.4) is 0 Å². The summed E-state index contributed by atoms with van der Waals surface area (Å²) in [6.07, 6.45) is -0.429. The van der Waals surface area contributed by atoms with Crippen LogP contribution in [0.25, 0.3) is 11.1 Å². The van der Waals surface area contributed by atoms with E-state index in [0.29, 0.717) is 6.54 Å². The van der Waals surface area contributed by atoms with E-state index in [1.54, 1.807) is 7.11 Å². The highest BCUT2D eigenvalue weighted by molar-refractivity contribution is 5.67. The molecule has 0 aliphatic heterocycles. The highest BCUT2D eigenvalue weighted by Crippen LogP contribution is 2.23. The Hall–Kier alpha value is -2.49. The molecule has 0 atom stereocenters. The van der Waals surface area contributed by atoms with Crippen molar-refractivity contribution < 1.29 is 14.3 Å². The van der Waals surface area contributed by atoms with Gasteiger partial charge >= 0.3 is 6.09 Å². The van der Waals surface area contributed by atoms with Crippen molar-refractivity contribution in [3.8, 4) is 16.9 Å². The third-order valence-corrected chi connectivity index (χ3v) is 2.98. The molecule has 1 amide bonds. The van der Waals surface area contributed by atoms with E-state index in [1.807, 2.05) is 48.5 Å². The average Bonchev–Trinajstić information content (AvgIpc) is 2.53. The zero-order chi connectivity index (χ0) is 14.4. The zero-order valence-electron chi connectivity index (χ0n) is 11.6. The molecule has 1 N–H and O–H groups in total. The fourth-order valence-electron chi connectivity index (χ4n) is 1.86. The first kappa shape index (κ1) is 13.9. The second-order valence-electron chi connectivity index (χ2n) is 4.27. The van der Waals surface area contributed by atoms with Gasteiger partial charge in [0.15, 0.2) is 0 Å². The molecule has 4 heteroatoms. The Morgan fingerprint density at radius 2 is 1.80 bits per heavy atom. The van der Waals surface area contributed by atoms with Crippen LogP contribution in [0.2, 0.25) is 0 Å². The third-order valence-electron chi connectivity index (χ3n) is 2.98. The van der Waals surface area contributed by atoms with E-state index in [9.17, 15) is 4.79 Å². The number of amides is 1. The highest BCUT2D eigenvalue weighted by atomic mass is 16.5. The summed E-state index contributed by atoms with van der Waals surface area (Å²) in [7, 11) is 3.00. The van der Waals surface area contributed by atoms with Crippen LogP contribution in [-0.2, 0) is 11.3 Å². The lowest BCUT2D eigenvalue weighted by molar-refractivity contribution is 0.170. The minimum absolute atomic E-state index is 0.429. The molecule has 0 aliphatic rings. The Kier molecular flexibility index (Phi) is 4.60. The lowest BCUT2D eigenvalue weighted by Gasteiger charge is -2.07. The maximum atomic E-state index is 11.0. The van der Waals surface area contributed by atoms with Crippen molar-refractivity contribution >= 4 is 6.09 Å². The van der Waals surface area contributed by atoms with Crippen molar-refractivity contribution in [3.05, 3.63) is 54.1 Å². The largest absolute Gasteiger partial charge is 0.497 e. The van der Waals surface area contributed by atoms with Gasteiger partial charge in [0.2, 0.25) is 0 Å².